The number of hydrogen-bond donors (Lipinski definition) is 3. The Kier molecular flexibility index (Phi) is 2.44. The molecule has 0 aliphatic carbocycles. The van der Waals surface area contributed by atoms with Crippen LogP contribution < -0.4 is 17.1 Å². The number of aliphatic hydroxyl groups excluding tert-OH is 2. The van der Waals surface area contributed by atoms with Crippen LogP contribution in [0.2, 0.25) is 0 Å². The van der Waals surface area contributed by atoms with E-state index in [-0.39, 0.29) is 0 Å². The van der Waals surface area contributed by atoms with Crippen LogP contribution in [0.25, 0.3) is 0 Å². The summed E-state index contributed by atoms with van der Waals surface area (Å²) in [6, 6.07) is 0. The lowest BCUT2D eigenvalue weighted by Crippen LogP contribution is -2.49. The van der Waals surface area contributed by atoms with Crippen molar-refractivity contribution in [1.82, 2.24) is 14.1 Å². The summed E-state index contributed by atoms with van der Waals surface area (Å²) < 4.78 is 0.745. The second kappa shape index (κ2) is 3.37. The Morgan fingerprint density at radius 2 is 1.38 bits per heavy atom. The standard InChI is InChI=1S/C5H7N3O5/c9-1-7-3(11)6-4(12)8(2-10)5(7)13/h9-10H,1-2H2,(H,6,11,12). The molecular formula is C5H7N3O5. The Labute approximate surface area is 70.3 Å². The van der Waals surface area contributed by atoms with E-state index in [1.165, 1.54) is 0 Å². The highest BCUT2D eigenvalue weighted by molar-refractivity contribution is 4.71. The lowest BCUT2D eigenvalue weighted by Gasteiger charge is -2.02. The smallest absolute Gasteiger partial charge is 0.340 e. The fraction of sp³-hybridized carbons (Fsp3) is 0.400. The van der Waals surface area contributed by atoms with Crippen molar-refractivity contribution in [3.63, 3.8) is 0 Å². The van der Waals surface area contributed by atoms with Gasteiger partial charge in [0, 0.05) is 0 Å². The topological polar surface area (TPSA) is 117 Å². The van der Waals surface area contributed by atoms with E-state index in [9.17, 15) is 14.4 Å². The molecule has 1 aromatic rings. The molecule has 0 saturated carbocycles. The molecule has 8 nitrogen and oxygen atoms in total. The van der Waals surface area contributed by atoms with Gasteiger partial charge in [-0.1, -0.05) is 0 Å². The van der Waals surface area contributed by atoms with Gasteiger partial charge in [-0.05, 0) is 0 Å². The zero-order chi connectivity index (χ0) is 10.0. The number of aromatic nitrogens is 3. The van der Waals surface area contributed by atoms with Crippen molar-refractivity contribution in [3.05, 3.63) is 31.5 Å². The first-order valence-corrected chi connectivity index (χ1v) is 3.27. The Bertz CT molecular complexity index is 427. The van der Waals surface area contributed by atoms with Crippen LogP contribution in [0.4, 0.5) is 0 Å². The Balaban J connectivity index is 3.69. The molecule has 0 spiro atoms. The van der Waals surface area contributed by atoms with Crippen LogP contribution >= 0.6 is 0 Å². The summed E-state index contributed by atoms with van der Waals surface area (Å²) in [7, 11) is 0. The molecule has 1 rings (SSSR count). The third-order valence-corrected chi connectivity index (χ3v) is 1.45. The quantitative estimate of drug-likeness (QED) is 0.448. The van der Waals surface area contributed by atoms with E-state index in [4.69, 9.17) is 10.2 Å². The second-order valence-electron chi connectivity index (χ2n) is 2.16. The molecule has 0 bridgehead atoms. The van der Waals surface area contributed by atoms with Crippen LogP contribution in [-0.4, -0.2) is 24.3 Å². The maximum Gasteiger partial charge on any atom is 0.340 e. The van der Waals surface area contributed by atoms with Gasteiger partial charge in [0.25, 0.3) is 0 Å². The van der Waals surface area contributed by atoms with Crippen LogP contribution in [0.5, 0.6) is 0 Å². The molecule has 8 heteroatoms. The minimum atomic E-state index is -1.06. The van der Waals surface area contributed by atoms with Crippen molar-refractivity contribution in [2.24, 2.45) is 0 Å². The number of H-pyrrole nitrogens is 1. The monoisotopic (exact) mass is 189 g/mol. The van der Waals surface area contributed by atoms with Gasteiger partial charge in [-0.25, -0.2) is 23.5 Å². The van der Waals surface area contributed by atoms with E-state index in [0.29, 0.717) is 9.13 Å². The van der Waals surface area contributed by atoms with E-state index < -0.39 is 30.5 Å². The first kappa shape index (κ1) is 9.42. The first-order valence-electron chi connectivity index (χ1n) is 3.27. The Morgan fingerprint density at radius 1 is 1.00 bits per heavy atom. The molecule has 0 aliphatic rings. The zero-order valence-electron chi connectivity index (χ0n) is 6.43. The van der Waals surface area contributed by atoms with Gasteiger partial charge in [-0.15, -0.1) is 0 Å². The maximum absolute atomic E-state index is 11.1. The fourth-order valence-electron chi connectivity index (χ4n) is 0.795. The molecule has 3 N–H and O–H groups in total. The SMILES string of the molecule is O=c1[nH]c(=O)n(CO)c(=O)n1CO. The normalized spacial score (nSPS) is 10.3. The van der Waals surface area contributed by atoms with Crippen LogP contribution in [0.15, 0.2) is 14.4 Å². The molecule has 0 fully saturated rings. The largest absolute Gasteiger partial charge is 0.376 e. The zero-order valence-corrected chi connectivity index (χ0v) is 6.43. The highest BCUT2D eigenvalue weighted by Gasteiger charge is 2.06. The third-order valence-electron chi connectivity index (χ3n) is 1.45. The highest BCUT2D eigenvalue weighted by atomic mass is 16.3. The lowest BCUT2D eigenvalue weighted by molar-refractivity contribution is 0.167. The number of aromatic amines is 1. The Morgan fingerprint density at radius 3 is 1.69 bits per heavy atom. The summed E-state index contributed by atoms with van der Waals surface area (Å²) in [6.45, 7) is -1.71. The van der Waals surface area contributed by atoms with E-state index in [2.05, 4.69) is 0 Å². The van der Waals surface area contributed by atoms with Crippen LogP contribution in [0.1, 0.15) is 0 Å². The number of nitrogens with one attached hydrogen (secondary N) is 1. The van der Waals surface area contributed by atoms with Gasteiger partial charge in [-0.3, -0.25) is 4.98 Å². The summed E-state index contributed by atoms with van der Waals surface area (Å²) in [4.78, 5) is 34.4. The van der Waals surface area contributed by atoms with Gasteiger partial charge in [-0.2, -0.15) is 0 Å². The van der Waals surface area contributed by atoms with Gasteiger partial charge in [0.05, 0.1) is 0 Å². The van der Waals surface area contributed by atoms with Crippen molar-refractivity contribution >= 4 is 0 Å². The molecule has 13 heavy (non-hydrogen) atoms. The molecule has 0 amide bonds. The number of hydrogen-bond acceptors (Lipinski definition) is 5. The number of aliphatic hydroxyl groups is 2. The lowest BCUT2D eigenvalue weighted by atomic mass is 10.8. The molecular weight excluding hydrogens is 182 g/mol. The van der Waals surface area contributed by atoms with Gasteiger partial charge in [0.2, 0.25) is 0 Å². The summed E-state index contributed by atoms with van der Waals surface area (Å²) in [6.07, 6.45) is 0. The van der Waals surface area contributed by atoms with Crippen LogP contribution in [0.3, 0.4) is 0 Å². The molecule has 1 aromatic heterocycles. The fourth-order valence-corrected chi connectivity index (χ4v) is 0.795. The van der Waals surface area contributed by atoms with E-state index in [1.54, 1.807) is 4.98 Å². The van der Waals surface area contributed by atoms with E-state index in [1.807, 2.05) is 0 Å². The predicted octanol–water partition coefficient (Wildman–Crippen LogP) is -3.40. The maximum atomic E-state index is 11.1. The van der Waals surface area contributed by atoms with Crippen molar-refractivity contribution in [2.75, 3.05) is 0 Å². The molecule has 0 saturated heterocycles. The molecule has 1 heterocycles. The highest BCUT2D eigenvalue weighted by Crippen LogP contribution is 1.64. The predicted molar refractivity (Wildman–Crippen MR) is 40.0 cm³/mol. The average Bonchev–Trinajstić information content (AvgIpc) is 2.04. The van der Waals surface area contributed by atoms with Crippen LogP contribution in [0, 0.1) is 0 Å². The van der Waals surface area contributed by atoms with Crippen molar-refractivity contribution in [2.45, 2.75) is 13.5 Å². The summed E-state index contributed by atoms with van der Waals surface area (Å²) in [5, 5.41) is 17.1. The minimum Gasteiger partial charge on any atom is -0.376 e. The second-order valence-corrected chi connectivity index (χ2v) is 2.16. The first-order chi connectivity index (χ1) is 6.11. The van der Waals surface area contributed by atoms with Crippen molar-refractivity contribution < 1.29 is 10.2 Å². The van der Waals surface area contributed by atoms with E-state index in [0.717, 1.165) is 0 Å². The van der Waals surface area contributed by atoms with Gasteiger partial charge in [0.15, 0.2) is 0 Å². The molecule has 0 unspecified atom stereocenters. The van der Waals surface area contributed by atoms with Crippen molar-refractivity contribution in [1.29, 1.82) is 0 Å². The molecule has 0 atom stereocenters. The summed E-state index contributed by atoms with van der Waals surface area (Å²) in [5.74, 6) is 0. The van der Waals surface area contributed by atoms with Gasteiger partial charge < -0.3 is 10.2 Å². The van der Waals surface area contributed by atoms with Gasteiger partial charge >= 0.3 is 17.1 Å². The molecule has 0 radical (unpaired) electrons. The van der Waals surface area contributed by atoms with Crippen LogP contribution in [-0.2, 0) is 13.5 Å². The molecule has 0 aromatic carbocycles. The van der Waals surface area contributed by atoms with Crippen molar-refractivity contribution in [3.8, 4) is 0 Å². The molecule has 72 valence electrons. The number of rotatable bonds is 2. The van der Waals surface area contributed by atoms with E-state index >= 15 is 0 Å². The Hall–Kier alpha value is -1.67. The minimum absolute atomic E-state index is 0.373. The average molecular weight is 189 g/mol. The summed E-state index contributed by atoms with van der Waals surface area (Å²) >= 11 is 0. The van der Waals surface area contributed by atoms with Gasteiger partial charge in [0.1, 0.15) is 13.5 Å². The molecule has 0 aliphatic heterocycles. The number of nitrogens with zero attached hydrogens (tertiary/aromatic N) is 2. The third kappa shape index (κ3) is 1.44. The summed E-state index contributed by atoms with van der Waals surface area (Å²) in [5.41, 5.74) is -3.08.